The van der Waals surface area contributed by atoms with Gasteiger partial charge in [-0.05, 0) is 24.6 Å². The Kier molecular flexibility index (Phi) is 5.61. The average molecular weight is 272 g/mol. The van der Waals surface area contributed by atoms with Crippen LogP contribution in [0, 0.1) is 0 Å². The summed E-state index contributed by atoms with van der Waals surface area (Å²) in [7, 11) is 0. The Hall–Kier alpha value is -1.59. The number of carboxylic acid groups (broad SMARTS) is 1. The smallest absolute Gasteiger partial charge is 0.332 e. The number of rotatable bonds is 6. The first kappa shape index (κ1) is 14.5. The number of carboxylic acids is 1. The van der Waals surface area contributed by atoms with Gasteiger partial charge in [-0.25, -0.2) is 4.79 Å². The molecule has 0 aliphatic rings. The second-order valence-corrected chi connectivity index (χ2v) is 4.13. The molecule has 0 bridgehead atoms. The summed E-state index contributed by atoms with van der Waals surface area (Å²) in [5, 5.41) is 11.8. The molecule has 1 aromatic rings. The molecule has 0 aliphatic heterocycles. The third-order valence-electron chi connectivity index (χ3n) is 2.22. The predicted molar refractivity (Wildman–Crippen MR) is 66.3 cm³/mol. The summed E-state index contributed by atoms with van der Waals surface area (Å²) in [6.45, 7) is 1.44. The van der Waals surface area contributed by atoms with Crippen molar-refractivity contribution in [2.24, 2.45) is 0 Å². The number of amides is 1. The number of carbonyl (C=O) groups is 2. The van der Waals surface area contributed by atoms with Crippen LogP contribution in [0.25, 0.3) is 0 Å². The molecule has 18 heavy (non-hydrogen) atoms. The molecule has 0 heterocycles. The second-order valence-electron chi connectivity index (χ2n) is 3.69. The van der Waals surface area contributed by atoms with Crippen LogP contribution in [0.15, 0.2) is 24.3 Å². The van der Waals surface area contributed by atoms with E-state index < -0.39 is 12.1 Å². The highest BCUT2D eigenvalue weighted by Gasteiger charge is 2.12. The topological polar surface area (TPSA) is 75.6 Å². The first-order valence-electron chi connectivity index (χ1n) is 5.34. The van der Waals surface area contributed by atoms with E-state index in [1.165, 1.54) is 6.92 Å². The van der Waals surface area contributed by atoms with Gasteiger partial charge in [0.2, 0.25) is 5.91 Å². The molecule has 0 fully saturated rings. The van der Waals surface area contributed by atoms with Crippen molar-refractivity contribution in [1.29, 1.82) is 0 Å². The van der Waals surface area contributed by atoms with Crippen molar-refractivity contribution in [1.82, 2.24) is 5.32 Å². The van der Waals surface area contributed by atoms with E-state index in [0.29, 0.717) is 11.6 Å². The number of hydrogen-bond donors (Lipinski definition) is 2. The number of carbonyl (C=O) groups excluding carboxylic acids is 1. The van der Waals surface area contributed by atoms with Crippen LogP contribution in [0.4, 0.5) is 0 Å². The lowest BCUT2D eigenvalue weighted by Crippen LogP contribution is -2.31. The van der Waals surface area contributed by atoms with Gasteiger partial charge in [0.15, 0.2) is 6.10 Å². The quantitative estimate of drug-likeness (QED) is 0.821. The zero-order valence-corrected chi connectivity index (χ0v) is 10.6. The lowest BCUT2D eigenvalue weighted by molar-refractivity contribution is -0.150. The summed E-state index contributed by atoms with van der Waals surface area (Å²) >= 11 is 5.73. The molecule has 0 saturated carbocycles. The Labute approximate surface area is 110 Å². The van der Waals surface area contributed by atoms with Crippen LogP contribution in [0.1, 0.15) is 12.5 Å². The Morgan fingerprint density at radius 1 is 1.39 bits per heavy atom. The zero-order valence-electron chi connectivity index (χ0n) is 9.85. The van der Waals surface area contributed by atoms with Crippen molar-refractivity contribution in [2.45, 2.75) is 19.6 Å². The Balaban J connectivity index is 2.29. The van der Waals surface area contributed by atoms with E-state index in [0.717, 1.165) is 5.56 Å². The second kappa shape index (κ2) is 6.98. The van der Waals surface area contributed by atoms with E-state index >= 15 is 0 Å². The molecule has 0 unspecified atom stereocenters. The van der Waals surface area contributed by atoms with Gasteiger partial charge in [-0.1, -0.05) is 23.7 Å². The summed E-state index contributed by atoms with van der Waals surface area (Å²) in [6.07, 6.45) is -0.994. The van der Waals surface area contributed by atoms with E-state index in [2.05, 4.69) is 5.32 Å². The van der Waals surface area contributed by atoms with Crippen molar-refractivity contribution in [3.63, 3.8) is 0 Å². The summed E-state index contributed by atoms with van der Waals surface area (Å²) in [4.78, 5) is 21.8. The molecule has 0 spiro atoms. The van der Waals surface area contributed by atoms with Crippen LogP contribution in [0.2, 0.25) is 5.02 Å². The molecular weight excluding hydrogens is 258 g/mol. The Morgan fingerprint density at radius 3 is 2.56 bits per heavy atom. The van der Waals surface area contributed by atoms with Gasteiger partial charge >= 0.3 is 5.97 Å². The fourth-order valence-corrected chi connectivity index (χ4v) is 1.25. The predicted octanol–water partition coefficient (Wildman–Crippen LogP) is 1.45. The SMILES string of the molecule is C[C@@H](OCC(=O)NCc1ccc(Cl)cc1)C(=O)O. The molecule has 1 aromatic carbocycles. The third kappa shape index (κ3) is 5.16. The third-order valence-corrected chi connectivity index (χ3v) is 2.47. The van der Waals surface area contributed by atoms with Gasteiger partial charge in [-0.3, -0.25) is 4.79 Å². The monoisotopic (exact) mass is 271 g/mol. The number of halogens is 1. The number of nitrogens with one attached hydrogen (secondary N) is 1. The van der Waals surface area contributed by atoms with Gasteiger partial charge in [0.05, 0.1) is 0 Å². The summed E-state index contributed by atoms with van der Waals surface area (Å²) in [5.74, 6) is -1.46. The molecule has 1 amide bonds. The highest BCUT2D eigenvalue weighted by atomic mass is 35.5. The molecule has 0 aromatic heterocycles. The summed E-state index contributed by atoms with van der Waals surface area (Å²) in [5.41, 5.74) is 0.902. The maximum atomic E-state index is 11.4. The molecular formula is C12H14ClNO4. The van der Waals surface area contributed by atoms with Crippen molar-refractivity contribution in [3.8, 4) is 0 Å². The van der Waals surface area contributed by atoms with E-state index in [4.69, 9.17) is 21.4 Å². The van der Waals surface area contributed by atoms with Crippen LogP contribution < -0.4 is 5.32 Å². The van der Waals surface area contributed by atoms with Gasteiger partial charge in [-0.15, -0.1) is 0 Å². The normalized spacial score (nSPS) is 11.9. The molecule has 0 aliphatic carbocycles. The summed E-state index contributed by atoms with van der Waals surface area (Å²) < 4.78 is 4.84. The maximum Gasteiger partial charge on any atom is 0.332 e. The standard InChI is InChI=1S/C12H14ClNO4/c1-8(12(16)17)18-7-11(15)14-6-9-2-4-10(13)5-3-9/h2-5,8H,6-7H2,1H3,(H,14,15)(H,16,17)/t8-/m1/s1. The van der Waals surface area contributed by atoms with E-state index in [-0.39, 0.29) is 12.5 Å². The molecule has 98 valence electrons. The van der Waals surface area contributed by atoms with Gasteiger partial charge in [0.25, 0.3) is 0 Å². The molecule has 1 atom stereocenters. The lowest BCUT2D eigenvalue weighted by Gasteiger charge is -2.09. The minimum atomic E-state index is -1.10. The Bertz CT molecular complexity index is 419. The minimum absolute atomic E-state index is 0.277. The zero-order chi connectivity index (χ0) is 13.5. The van der Waals surface area contributed by atoms with Gasteiger partial charge in [0.1, 0.15) is 6.61 Å². The first-order chi connectivity index (χ1) is 8.49. The van der Waals surface area contributed by atoms with Gasteiger partial charge < -0.3 is 15.2 Å². The van der Waals surface area contributed by atoms with E-state index in [1.807, 2.05) is 0 Å². The number of aliphatic carboxylic acids is 1. The molecule has 0 radical (unpaired) electrons. The van der Waals surface area contributed by atoms with E-state index in [9.17, 15) is 9.59 Å². The largest absolute Gasteiger partial charge is 0.479 e. The van der Waals surface area contributed by atoms with Gasteiger partial charge in [0, 0.05) is 11.6 Å². The first-order valence-corrected chi connectivity index (χ1v) is 5.72. The average Bonchev–Trinajstić information content (AvgIpc) is 2.35. The van der Waals surface area contributed by atoms with E-state index in [1.54, 1.807) is 24.3 Å². The lowest BCUT2D eigenvalue weighted by atomic mass is 10.2. The molecule has 6 heteroatoms. The van der Waals surface area contributed by atoms with Crippen LogP contribution in [-0.4, -0.2) is 29.7 Å². The number of hydrogen-bond acceptors (Lipinski definition) is 3. The van der Waals surface area contributed by atoms with Crippen LogP contribution in [0.3, 0.4) is 0 Å². The van der Waals surface area contributed by atoms with Crippen molar-refractivity contribution < 1.29 is 19.4 Å². The molecule has 5 nitrogen and oxygen atoms in total. The maximum absolute atomic E-state index is 11.4. The van der Waals surface area contributed by atoms with Crippen molar-refractivity contribution >= 4 is 23.5 Å². The number of ether oxygens (including phenoxy) is 1. The van der Waals surface area contributed by atoms with Crippen LogP contribution in [-0.2, 0) is 20.9 Å². The molecule has 0 saturated heterocycles. The molecule has 2 N–H and O–H groups in total. The fourth-order valence-electron chi connectivity index (χ4n) is 1.13. The highest BCUT2D eigenvalue weighted by Crippen LogP contribution is 2.08. The van der Waals surface area contributed by atoms with Crippen molar-refractivity contribution in [2.75, 3.05) is 6.61 Å². The molecule has 1 rings (SSSR count). The summed E-state index contributed by atoms with van der Waals surface area (Å²) in [6, 6.07) is 7.05. The fraction of sp³-hybridized carbons (Fsp3) is 0.333. The number of benzene rings is 1. The minimum Gasteiger partial charge on any atom is -0.479 e. The highest BCUT2D eigenvalue weighted by molar-refractivity contribution is 6.30. The Morgan fingerprint density at radius 2 is 2.00 bits per heavy atom. The van der Waals surface area contributed by atoms with Gasteiger partial charge in [-0.2, -0.15) is 0 Å². The van der Waals surface area contributed by atoms with Crippen LogP contribution >= 0.6 is 11.6 Å². The van der Waals surface area contributed by atoms with Crippen molar-refractivity contribution in [3.05, 3.63) is 34.9 Å². The van der Waals surface area contributed by atoms with Crippen LogP contribution in [0.5, 0.6) is 0 Å².